The number of amides is 2. The first kappa shape index (κ1) is 19.9. The molecule has 1 aromatic rings. The minimum absolute atomic E-state index is 0.00649. The third-order valence-corrected chi connectivity index (χ3v) is 5.59. The lowest BCUT2D eigenvalue weighted by Gasteiger charge is -2.20. The molecule has 3 unspecified atom stereocenters. The van der Waals surface area contributed by atoms with E-state index >= 15 is 0 Å². The van der Waals surface area contributed by atoms with E-state index in [0.29, 0.717) is 30.3 Å². The van der Waals surface area contributed by atoms with Gasteiger partial charge in [0, 0.05) is 30.4 Å². The highest BCUT2D eigenvalue weighted by Crippen LogP contribution is 2.23. The van der Waals surface area contributed by atoms with Crippen LogP contribution in [0.15, 0.2) is 24.3 Å². The summed E-state index contributed by atoms with van der Waals surface area (Å²) in [5.41, 5.74) is 7.41. The van der Waals surface area contributed by atoms with Crippen LogP contribution in [0.2, 0.25) is 0 Å². The van der Waals surface area contributed by atoms with Crippen molar-refractivity contribution in [3.8, 4) is 0 Å². The lowest BCUT2D eigenvalue weighted by atomic mass is 9.99. The molecule has 0 saturated carbocycles. The van der Waals surface area contributed by atoms with Crippen LogP contribution in [0.5, 0.6) is 0 Å². The zero-order valence-corrected chi connectivity index (χ0v) is 16.8. The molecule has 25 heavy (non-hydrogen) atoms. The van der Waals surface area contributed by atoms with Crippen molar-refractivity contribution in [3.05, 3.63) is 29.8 Å². The van der Waals surface area contributed by atoms with Gasteiger partial charge in [0.1, 0.15) is 6.04 Å². The highest BCUT2D eigenvalue weighted by atomic mass is 79.9. The number of anilines is 1. The van der Waals surface area contributed by atoms with Crippen LogP contribution in [-0.4, -0.2) is 46.7 Å². The van der Waals surface area contributed by atoms with Crippen LogP contribution in [0.1, 0.15) is 38.1 Å². The van der Waals surface area contributed by atoms with Crippen molar-refractivity contribution in [2.45, 2.75) is 44.6 Å². The first-order valence-corrected chi connectivity index (χ1v) is 9.65. The van der Waals surface area contributed by atoms with E-state index < -0.39 is 0 Å². The average molecular weight is 411 g/mol. The number of halogens is 1. The fraction of sp³-hybridized carbons (Fsp3) is 0.556. The Morgan fingerprint density at radius 2 is 1.92 bits per heavy atom. The van der Waals surface area contributed by atoms with E-state index in [4.69, 9.17) is 0 Å². The van der Waals surface area contributed by atoms with E-state index in [1.54, 1.807) is 29.2 Å². The summed E-state index contributed by atoms with van der Waals surface area (Å²) in [7, 11) is 0. The van der Waals surface area contributed by atoms with Crippen molar-refractivity contribution >= 4 is 33.4 Å². The van der Waals surface area contributed by atoms with Gasteiger partial charge in [0.2, 0.25) is 5.91 Å². The quantitative estimate of drug-likeness (QED) is 0.629. The second kappa shape index (κ2) is 8.78. The normalized spacial score (nSPS) is 22.9. The van der Waals surface area contributed by atoms with Gasteiger partial charge in [0.05, 0.1) is 4.83 Å². The number of rotatable bonds is 6. The molecular formula is C18H27BrN4O2. The predicted octanol–water partition coefficient (Wildman–Crippen LogP) is 2.37. The maximum atomic E-state index is 12.6. The van der Waals surface area contributed by atoms with Crippen molar-refractivity contribution in [1.82, 2.24) is 15.8 Å². The Kier molecular flexibility index (Phi) is 6.98. The molecule has 1 saturated heterocycles. The highest BCUT2D eigenvalue weighted by Gasteiger charge is 2.39. The summed E-state index contributed by atoms with van der Waals surface area (Å²) in [6.07, 6.45) is 0. The topological polar surface area (TPSA) is 73.5 Å². The van der Waals surface area contributed by atoms with Crippen LogP contribution >= 0.6 is 15.9 Å². The molecule has 3 N–H and O–H groups in total. The number of carbonyl (C=O) groups is 2. The summed E-state index contributed by atoms with van der Waals surface area (Å²) in [4.78, 5) is 26.8. The SMILES string of the molecule is CCN(CC)C(=O)c1cccc(NC(=O)C2NNC(C(C)C)C2Br)c1. The molecule has 0 spiro atoms. The summed E-state index contributed by atoms with van der Waals surface area (Å²) in [6.45, 7) is 9.43. The Morgan fingerprint density at radius 1 is 1.24 bits per heavy atom. The van der Waals surface area contributed by atoms with Gasteiger partial charge < -0.3 is 10.2 Å². The third-order valence-electron chi connectivity index (χ3n) is 4.50. The number of hydrogen-bond acceptors (Lipinski definition) is 4. The zero-order chi connectivity index (χ0) is 18.6. The van der Waals surface area contributed by atoms with Crippen molar-refractivity contribution in [1.29, 1.82) is 0 Å². The average Bonchev–Trinajstić information content (AvgIpc) is 2.98. The largest absolute Gasteiger partial charge is 0.339 e. The summed E-state index contributed by atoms with van der Waals surface area (Å²) in [6, 6.07) is 6.87. The molecule has 0 aliphatic carbocycles. The number of nitrogens with one attached hydrogen (secondary N) is 3. The van der Waals surface area contributed by atoms with Gasteiger partial charge in [-0.2, -0.15) is 0 Å². The number of nitrogens with zero attached hydrogens (tertiary/aromatic N) is 1. The van der Waals surface area contributed by atoms with Crippen molar-refractivity contribution in [3.63, 3.8) is 0 Å². The molecule has 1 heterocycles. The molecule has 2 rings (SSSR count). The van der Waals surface area contributed by atoms with Crippen LogP contribution in [0.4, 0.5) is 5.69 Å². The Labute approximate surface area is 157 Å². The van der Waals surface area contributed by atoms with Crippen LogP contribution in [0, 0.1) is 5.92 Å². The van der Waals surface area contributed by atoms with E-state index in [9.17, 15) is 9.59 Å². The van der Waals surface area contributed by atoms with Gasteiger partial charge in [0.15, 0.2) is 0 Å². The molecule has 2 amide bonds. The minimum atomic E-state index is -0.380. The number of carbonyl (C=O) groups excluding carboxylic acids is 2. The van der Waals surface area contributed by atoms with Gasteiger partial charge in [-0.25, -0.2) is 5.43 Å². The first-order valence-electron chi connectivity index (χ1n) is 8.74. The fourth-order valence-corrected chi connectivity index (χ4v) is 4.06. The minimum Gasteiger partial charge on any atom is -0.339 e. The van der Waals surface area contributed by atoms with E-state index in [0.717, 1.165) is 0 Å². The van der Waals surface area contributed by atoms with Gasteiger partial charge in [-0.15, -0.1) is 0 Å². The van der Waals surface area contributed by atoms with Crippen LogP contribution in [0.25, 0.3) is 0 Å². The van der Waals surface area contributed by atoms with Gasteiger partial charge in [-0.1, -0.05) is 35.8 Å². The van der Waals surface area contributed by atoms with Crippen molar-refractivity contribution in [2.24, 2.45) is 5.92 Å². The predicted molar refractivity (Wildman–Crippen MR) is 104 cm³/mol. The van der Waals surface area contributed by atoms with E-state index in [-0.39, 0.29) is 28.7 Å². The molecular weight excluding hydrogens is 384 g/mol. The highest BCUT2D eigenvalue weighted by molar-refractivity contribution is 9.09. The summed E-state index contributed by atoms with van der Waals surface area (Å²) in [5.74, 6) is 0.231. The molecule has 1 fully saturated rings. The molecule has 0 aromatic heterocycles. The Morgan fingerprint density at radius 3 is 2.48 bits per heavy atom. The van der Waals surface area contributed by atoms with E-state index in [2.05, 4.69) is 45.9 Å². The van der Waals surface area contributed by atoms with Gasteiger partial charge in [-0.05, 0) is 38.0 Å². The second-order valence-electron chi connectivity index (χ2n) is 6.53. The lowest BCUT2D eigenvalue weighted by Crippen LogP contribution is -2.42. The summed E-state index contributed by atoms with van der Waals surface area (Å²) >= 11 is 3.61. The maximum absolute atomic E-state index is 12.6. The number of hydrazine groups is 1. The van der Waals surface area contributed by atoms with Crippen LogP contribution in [-0.2, 0) is 4.79 Å². The first-order chi connectivity index (χ1) is 11.9. The van der Waals surface area contributed by atoms with Crippen LogP contribution < -0.4 is 16.2 Å². The fourth-order valence-electron chi connectivity index (χ4n) is 2.94. The molecule has 7 heteroatoms. The lowest BCUT2D eigenvalue weighted by molar-refractivity contribution is -0.117. The smallest absolute Gasteiger partial charge is 0.253 e. The van der Waals surface area contributed by atoms with Crippen LogP contribution in [0.3, 0.4) is 0 Å². The monoisotopic (exact) mass is 410 g/mol. The number of alkyl halides is 1. The third kappa shape index (κ3) is 4.59. The van der Waals surface area contributed by atoms with Crippen molar-refractivity contribution in [2.75, 3.05) is 18.4 Å². The summed E-state index contributed by atoms with van der Waals surface area (Å²) in [5, 5.41) is 2.90. The van der Waals surface area contributed by atoms with E-state index in [1.807, 2.05) is 13.8 Å². The van der Waals surface area contributed by atoms with Gasteiger partial charge in [-0.3, -0.25) is 15.0 Å². The van der Waals surface area contributed by atoms with E-state index in [1.165, 1.54) is 0 Å². The molecule has 3 atom stereocenters. The Balaban J connectivity index is 2.07. The summed E-state index contributed by atoms with van der Waals surface area (Å²) < 4.78 is 0. The molecule has 1 aromatic carbocycles. The maximum Gasteiger partial charge on any atom is 0.253 e. The Hall–Kier alpha value is -1.44. The number of hydrogen-bond donors (Lipinski definition) is 3. The molecule has 0 radical (unpaired) electrons. The Bertz CT molecular complexity index is 619. The van der Waals surface area contributed by atoms with Crippen molar-refractivity contribution < 1.29 is 9.59 Å². The number of benzene rings is 1. The molecule has 1 aliphatic heterocycles. The molecule has 1 aliphatic rings. The standard InChI is InChI=1S/C18H27BrN4O2/c1-5-23(6-2)18(25)12-8-7-9-13(10-12)20-17(24)16-14(19)15(11(3)4)21-22-16/h7-11,14-16,21-22H,5-6H2,1-4H3,(H,20,24). The van der Waals surface area contributed by atoms with Gasteiger partial charge >= 0.3 is 0 Å². The van der Waals surface area contributed by atoms with Gasteiger partial charge in [0.25, 0.3) is 5.91 Å². The second-order valence-corrected chi connectivity index (χ2v) is 7.59. The molecule has 6 nitrogen and oxygen atoms in total. The molecule has 0 bridgehead atoms. The molecule has 138 valence electrons. The zero-order valence-electron chi connectivity index (χ0n) is 15.2.